The molecule has 2 aromatic rings. The van der Waals surface area contributed by atoms with E-state index < -0.39 is 0 Å². The maximum Gasteiger partial charge on any atom is 0.227 e. The molecule has 0 atom stereocenters. The topological polar surface area (TPSA) is 53.5 Å². The average molecular weight is 255 g/mol. The van der Waals surface area contributed by atoms with E-state index in [4.69, 9.17) is 5.21 Å². The van der Waals surface area contributed by atoms with Crippen LogP contribution in [0.4, 0.5) is 0 Å². The van der Waals surface area contributed by atoms with Crippen molar-refractivity contribution in [2.45, 2.75) is 13.5 Å². The number of nitrogens with zero attached hydrogens (tertiary/aromatic N) is 2. The number of carbonyl (C=O) groups excluding carboxylic acids is 1. The van der Waals surface area contributed by atoms with Gasteiger partial charge in [0.1, 0.15) is 0 Å². The fourth-order valence-corrected chi connectivity index (χ4v) is 1.92. The number of aryl methyl sites for hydroxylation is 1. The van der Waals surface area contributed by atoms with E-state index in [1.54, 1.807) is 16.8 Å². The van der Waals surface area contributed by atoms with Gasteiger partial charge >= 0.3 is 0 Å². The van der Waals surface area contributed by atoms with Crippen molar-refractivity contribution in [3.8, 4) is 0 Å². The fraction of sp³-hybridized carbons (Fsp3) is 0.133. The lowest BCUT2D eigenvalue weighted by atomic mass is 10.0. The van der Waals surface area contributed by atoms with E-state index in [1.165, 1.54) is 6.21 Å². The molecule has 0 aliphatic heterocycles. The Morgan fingerprint density at radius 1 is 1.32 bits per heavy atom. The Morgan fingerprint density at radius 2 is 2.11 bits per heavy atom. The summed E-state index contributed by atoms with van der Waals surface area (Å²) in [5, 5.41) is 11.5. The fourth-order valence-electron chi connectivity index (χ4n) is 1.92. The molecule has 19 heavy (non-hydrogen) atoms. The van der Waals surface area contributed by atoms with Crippen LogP contribution >= 0.6 is 0 Å². The van der Waals surface area contributed by atoms with Crippen molar-refractivity contribution in [2.24, 2.45) is 5.16 Å². The first-order valence-corrected chi connectivity index (χ1v) is 5.96. The summed E-state index contributed by atoms with van der Waals surface area (Å²) in [7, 11) is 0. The highest BCUT2D eigenvalue weighted by Gasteiger charge is 2.13. The summed E-state index contributed by atoms with van der Waals surface area (Å²) in [6.45, 7) is 2.19. The number of Topliss-reactive ketones (excluding diaryl/α,β-unsaturated/α-hetero) is 1. The summed E-state index contributed by atoms with van der Waals surface area (Å²) in [5.74, 6) is 0.0567. The van der Waals surface area contributed by atoms with Crippen LogP contribution in [0, 0.1) is 6.92 Å². The predicted molar refractivity (Wildman–Crippen MR) is 71.5 cm³/mol. The highest BCUT2D eigenvalue weighted by Crippen LogP contribution is 2.07. The lowest BCUT2D eigenvalue weighted by Crippen LogP contribution is -2.37. The normalized spacial score (nSPS) is 10.8. The Morgan fingerprint density at radius 3 is 2.84 bits per heavy atom. The first-order valence-electron chi connectivity index (χ1n) is 5.96. The van der Waals surface area contributed by atoms with Crippen molar-refractivity contribution in [1.29, 1.82) is 0 Å². The molecule has 4 heteroatoms. The third kappa shape index (κ3) is 3.25. The van der Waals surface area contributed by atoms with Gasteiger partial charge in [0.15, 0.2) is 12.4 Å². The lowest BCUT2D eigenvalue weighted by molar-refractivity contribution is -0.683. The second-order valence-electron chi connectivity index (χ2n) is 4.29. The minimum absolute atomic E-state index is 0.0567. The molecule has 0 aliphatic carbocycles. The van der Waals surface area contributed by atoms with Gasteiger partial charge in [-0.25, -0.2) is 0 Å². The molecule has 1 aromatic heterocycles. The minimum atomic E-state index is 0.0567. The van der Waals surface area contributed by atoms with E-state index in [0.717, 1.165) is 16.7 Å². The standard InChI is InChI=1S/C15H14N2O2/c1-12-5-2-3-7-14(12)15(18)11-17-8-4-6-13(10-17)9-16-19/h2-10H,11H2,1H3/p+1. The van der Waals surface area contributed by atoms with Crippen molar-refractivity contribution in [3.63, 3.8) is 0 Å². The number of benzene rings is 1. The molecule has 1 N–H and O–H groups in total. The van der Waals surface area contributed by atoms with Gasteiger partial charge in [-0.3, -0.25) is 4.79 Å². The van der Waals surface area contributed by atoms with Gasteiger partial charge in [0.2, 0.25) is 12.3 Å². The molecule has 0 fully saturated rings. The van der Waals surface area contributed by atoms with Gasteiger partial charge in [0.25, 0.3) is 0 Å². The Bertz CT molecular complexity index is 621. The number of oxime groups is 1. The lowest BCUT2D eigenvalue weighted by Gasteiger charge is -2.02. The predicted octanol–water partition coefficient (Wildman–Crippen LogP) is 1.97. The molecule has 0 saturated carbocycles. The van der Waals surface area contributed by atoms with Gasteiger partial charge in [-0.15, -0.1) is 0 Å². The van der Waals surface area contributed by atoms with Crippen LogP contribution in [0.5, 0.6) is 0 Å². The van der Waals surface area contributed by atoms with Gasteiger partial charge in [0, 0.05) is 11.6 Å². The highest BCUT2D eigenvalue weighted by atomic mass is 16.4. The first-order chi connectivity index (χ1) is 9.20. The van der Waals surface area contributed by atoms with E-state index in [2.05, 4.69) is 5.16 Å². The average Bonchev–Trinajstić information content (AvgIpc) is 2.40. The molecule has 0 bridgehead atoms. The molecule has 0 aliphatic rings. The summed E-state index contributed by atoms with van der Waals surface area (Å²) in [5.41, 5.74) is 2.44. The van der Waals surface area contributed by atoms with Crippen LogP contribution < -0.4 is 4.57 Å². The quantitative estimate of drug-likeness (QED) is 0.298. The van der Waals surface area contributed by atoms with E-state index in [1.807, 2.05) is 43.5 Å². The summed E-state index contributed by atoms with van der Waals surface area (Å²) < 4.78 is 1.77. The smallest absolute Gasteiger partial charge is 0.227 e. The van der Waals surface area contributed by atoms with Crippen molar-refractivity contribution >= 4 is 12.0 Å². The zero-order chi connectivity index (χ0) is 13.7. The van der Waals surface area contributed by atoms with E-state index in [9.17, 15) is 4.79 Å². The second kappa shape index (κ2) is 5.91. The molecule has 1 aromatic carbocycles. The Hall–Kier alpha value is -2.49. The van der Waals surface area contributed by atoms with Gasteiger partial charge < -0.3 is 5.21 Å². The van der Waals surface area contributed by atoms with Crippen molar-refractivity contribution < 1.29 is 14.6 Å². The minimum Gasteiger partial charge on any atom is -0.411 e. The van der Waals surface area contributed by atoms with E-state index in [-0.39, 0.29) is 12.3 Å². The third-order valence-electron chi connectivity index (χ3n) is 2.86. The number of hydrogen-bond acceptors (Lipinski definition) is 3. The highest BCUT2D eigenvalue weighted by molar-refractivity contribution is 5.96. The Labute approximate surface area is 111 Å². The third-order valence-corrected chi connectivity index (χ3v) is 2.86. The van der Waals surface area contributed by atoms with Gasteiger partial charge in [-0.05, 0) is 18.6 Å². The number of ketones is 1. The van der Waals surface area contributed by atoms with Crippen molar-refractivity contribution in [2.75, 3.05) is 0 Å². The van der Waals surface area contributed by atoms with Crippen LogP contribution in [0.15, 0.2) is 53.9 Å². The van der Waals surface area contributed by atoms with E-state index in [0.29, 0.717) is 0 Å². The van der Waals surface area contributed by atoms with Crippen molar-refractivity contribution in [1.82, 2.24) is 0 Å². The number of aromatic nitrogens is 1. The molecule has 1 heterocycles. The van der Waals surface area contributed by atoms with Crippen LogP contribution in [0.25, 0.3) is 0 Å². The summed E-state index contributed by atoms with van der Waals surface area (Å²) in [6.07, 6.45) is 4.90. The molecule has 4 nitrogen and oxygen atoms in total. The molecule has 0 unspecified atom stereocenters. The summed E-state index contributed by atoms with van der Waals surface area (Å²) in [4.78, 5) is 12.2. The van der Waals surface area contributed by atoms with Crippen LogP contribution in [0.1, 0.15) is 21.5 Å². The molecule has 96 valence electrons. The van der Waals surface area contributed by atoms with Gasteiger partial charge in [-0.1, -0.05) is 29.4 Å². The van der Waals surface area contributed by atoms with Gasteiger partial charge in [0.05, 0.1) is 11.8 Å². The molecule has 2 rings (SSSR count). The van der Waals surface area contributed by atoms with Crippen LogP contribution in [-0.4, -0.2) is 17.2 Å². The van der Waals surface area contributed by atoms with Crippen molar-refractivity contribution in [3.05, 3.63) is 65.5 Å². The Balaban J connectivity index is 2.20. The van der Waals surface area contributed by atoms with Crippen LogP contribution in [-0.2, 0) is 6.54 Å². The monoisotopic (exact) mass is 255 g/mol. The molecular formula is C15H15N2O2+. The summed E-state index contributed by atoms with van der Waals surface area (Å²) in [6, 6.07) is 11.1. The molecule has 0 saturated heterocycles. The molecule has 0 amide bonds. The summed E-state index contributed by atoms with van der Waals surface area (Å²) >= 11 is 0. The Kier molecular flexibility index (Phi) is 4.03. The number of rotatable bonds is 4. The van der Waals surface area contributed by atoms with Crippen LogP contribution in [0.2, 0.25) is 0 Å². The zero-order valence-electron chi connectivity index (χ0n) is 10.7. The van der Waals surface area contributed by atoms with Crippen LogP contribution in [0.3, 0.4) is 0 Å². The number of pyridine rings is 1. The maximum absolute atomic E-state index is 12.2. The zero-order valence-corrected chi connectivity index (χ0v) is 10.7. The molecule has 0 radical (unpaired) electrons. The number of hydrogen-bond donors (Lipinski definition) is 1. The second-order valence-corrected chi connectivity index (χ2v) is 4.29. The number of carbonyl (C=O) groups is 1. The molecule has 0 spiro atoms. The maximum atomic E-state index is 12.2. The molecular weight excluding hydrogens is 240 g/mol. The SMILES string of the molecule is Cc1ccccc1C(=O)C[n+]1cccc(C=NO)c1. The van der Waals surface area contributed by atoms with E-state index >= 15 is 0 Å². The van der Waals surface area contributed by atoms with Gasteiger partial charge in [-0.2, -0.15) is 4.57 Å². The largest absolute Gasteiger partial charge is 0.411 e. The first kappa shape index (κ1) is 13.0.